The van der Waals surface area contributed by atoms with Gasteiger partial charge in [0, 0.05) is 30.6 Å². The third-order valence-corrected chi connectivity index (χ3v) is 5.96. The first-order chi connectivity index (χ1) is 14.6. The van der Waals surface area contributed by atoms with Gasteiger partial charge in [0.2, 0.25) is 0 Å². The molecule has 0 saturated carbocycles. The second-order valence-electron chi connectivity index (χ2n) is 8.19. The predicted molar refractivity (Wildman–Crippen MR) is 120 cm³/mol. The summed E-state index contributed by atoms with van der Waals surface area (Å²) in [5.74, 6) is 1.77. The summed E-state index contributed by atoms with van der Waals surface area (Å²) in [5, 5.41) is 10.8. The summed E-state index contributed by atoms with van der Waals surface area (Å²) < 4.78 is 10.9. The fourth-order valence-electron chi connectivity index (χ4n) is 4.36. The van der Waals surface area contributed by atoms with Crippen LogP contribution >= 0.6 is 0 Å². The molecule has 1 fully saturated rings. The SMILES string of the molecule is COc1ccc(-c2nc3cc(C)ccc3cc2CN2CCC[C@@H](CO)C2)cc1OC. The van der Waals surface area contributed by atoms with Crippen LogP contribution in [0.15, 0.2) is 42.5 Å². The number of hydrogen-bond acceptors (Lipinski definition) is 5. The highest BCUT2D eigenvalue weighted by Crippen LogP contribution is 2.35. The van der Waals surface area contributed by atoms with Gasteiger partial charge >= 0.3 is 0 Å². The van der Waals surface area contributed by atoms with Crippen LogP contribution in [0.25, 0.3) is 22.2 Å². The number of methoxy groups -OCH3 is 2. The standard InChI is InChI=1S/C25H30N2O3/c1-17-6-7-19-12-21(15-27-10-4-5-18(14-27)16-28)25(26-22(19)11-17)20-8-9-23(29-2)24(13-20)30-3/h6-9,11-13,18,28H,4-5,10,14-16H2,1-3H3/t18-/m1/s1. The zero-order chi connectivity index (χ0) is 21.1. The Morgan fingerprint density at radius 1 is 1.07 bits per heavy atom. The molecule has 0 spiro atoms. The number of aryl methyl sites for hydroxylation is 1. The van der Waals surface area contributed by atoms with Crippen LogP contribution in [0.5, 0.6) is 11.5 Å². The Morgan fingerprint density at radius 2 is 1.90 bits per heavy atom. The molecule has 1 atom stereocenters. The number of nitrogens with zero attached hydrogens (tertiary/aromatic N) is 2. The summed E-state index contributed by atoms with van der Waals surface area (Å²) in [6.07, 6.45) is 2.22. The van der Waals surface area contributed by atoms with E-state index in [1.54, 1.807) is 14.2 Å². The number of likely N-dealkylation sites (tertiary alicyclic amines) is 1. The van der Waals surface area contributed by atoms with Crippen molar-refractivity contribution in [2.75, 3.05) is 33.9 Å². The molecule has 0 aliphatic carbocycles. The van der Waals surface area contributed by atoms with E-state index in [9.17, 15) is 5.11 Å². The van der Waals surface area contributed by atoms with Gasteiger partial charge < -0.3 is 14.6 Å². The fourth-order valence-corrected chi connectivity index (χ4v) is 4.36. The van der Waals surface area contributed by atoms with Gasteiger partial charge in [-0.15, -0.1) is 0 Å². The van der Waals surface area contributed by atoms with Crippen molar-refractivity contribution in [3.63, 3.8) is 0 Å². The van der Waals surface area contributed by atoms with Gasteiger partial charge in [-0.25, -0.2) is 4.98 Å². The van der Waals surface area contributed by atoms with Crippen LogP contribution in [0.4, 0.5) is 0 Å². The van der Waals surface area contributed by atoms with E-state index < -0.39 is 0 Å². The molecule has 158 valence electrons. The second-order valence-corrected chi connectivity index (χ2v) is 8.19. The van der Waals surface area contributed by atoms with Gasteiger partial charge in [0.05, 0.1) is 25.4 Å². The fraction of sp³-hybridized carbons (Fsp3) is 0.400. The molecular weight excluding hydrogens is 376 g/mol. The third-order valence-electron chi connectivity index (χ3n) is 5.96. The molecule has 1 N–H and O–H groups in total. The summed E-state index contributed by atoms with van der Waals surface area (Å²) in [6, 6.07) is 14.6. The van der Waals surface area contributed by atoms with Gasteiger partial charge in [0.15, 0.2) is 11.5 Å². The van der Waals surface area contributed by atoms with Gasteiger partial charge in [-0.3, -0.25) is 4.90 Å². The van der Waals surface area contributed by atoms with Crippen LogP contribution in [0, 0.1) is 12.8 Å². The van der Waals surface area contributed by atoms with E-state index in [1.807, 2.05) is 18.2 Å². The van der Waals surface area contributed by atoms with Gasteiger partial charge in [0.25, 0.3) is 0 Å². The lowest BCUT2D eigenvalue weighted by atomic mass is 9.97. The Hall–Kier alpha value is -2.63. The molecule has 0 amide bonds. The normalized spacial score (nSPS) is 17.3. The molecule has 1 aliphatic heterocycles. The summed E-state index contributed by atoms with van der Waals surface area (Å²) in [6.45, 7) is 5.14. The van der Waals surface area contributed by atoms with E-state index in [0.29, 0.717) is 17.4 Å². The average molecular weight is 407 g/mol. The Morgan fingerprint density at radius 3 is 2.67 bits per heavy atom. The van der Waals surface area contributed by atoms with Crippen molar-refractivity contribution >= 4 is 10.9 Å². The van der Waals surface area contributed by atoms with Crippen molar-refractivity contribution in [1.29, 1.82) is 0 Å². The maximum atomic E-state index is 9.62. The van der Waals surface area contributed by atoms with Crippen molar-refractivity contribution in [3.05, 3.63) is 53.6 Å². The molecule has 1 saturated heterocycles. The zero-order valence-electron chi connectivity index (χ0n) is 18.0. The van der Waals surface area contributed by atoms with Crippen LogP contribution < -0.4 is 9.47 Å². The minimum Gasteiger partial charge on any atom is -0.493 e. The van der Waals surface area contributed by atoms with Crippen LogP contribution in [0.3, 0.4) is 0 Å². The van der Waals surface area contributed by atoms with E-state index in [4.69, 9.17) is 14.5 Å². The molecule has 0 bridgehead atoms. The predicted octanol–water partition coefficient (Wildman–Crippen LogP) is 4.43. The minimum atomic E-state index is 0.258. The summed E-state index contributed by atoms with van der Waals surface area (Å²) in [5.41, 5.74) is 5.37. The second kappa shape index (κ2) is 9.02. The summed E-state index contributed by atoms with van der Waals surface area (Å²) in [4.78, 5) is 7.51. The van der Waals surface area contributed by atoms with Crippen molar-refractivity contribution < 1.29 is 14.6 Å². The largest absolute Gasteiger partial charge is 0.493 e. The van der Waals surface area contributed by atoms with Crippen LogP contribution in [-0.4, -0.2) is 48.9 Å². The van der Waals surface area contributed by atoms with Crippen molar-refractivity contribution in [1.82, 2.24) is 9.88 Å². The molecule has 5 nitrogen and oxygen atoms in total. The van der Waals surface area contributed by atoms with Crippen molar-refractivity contribution in [3.8, 4) is 22.8 Å². The lowest BCUT2D eigenvalue weighted by Gasteiger charge is -2.32. The molecule has 3 aromatic rings. The minimum absolute atomic E-state index is 0.258. The average Bonchev–Trinajstić information content (AvgIpc) is 2.78. The Bertz CT molecular complexity index is 1030. The van der Waals surface area contributed by atoms with Crippen molar-refractivity contribution in [2.24, 2.45) is 5.92 Å². The highest BCUT2D eigenvalue weighted by atomic mass is 16.5. The molecular formula is C25H30N2O3. The molecule has 2 aromatic carbocycles. The maximum Gasteiger partial charge on any atom is 0.161 e. The number of fused-ring (bicyclic) bond motifs is 1. The number of piperidine rings is 1. The van der Waals surface area contributed by atoms with E-state index in [0.717, 1.165) is 54.6 Å². The number of aliphatic hydroxyl groups excluding tert-OH is 1. The van der Waals surface area contributed by atoms with Crippen molar-refractivity contribution in [2.45, 2.75) is 26.3 Å². The van der Waals surface area contributed by atoms with Crippen LogP contribution in [-0.2, 0) is 6.54 Å². The van der Waals surface area contributed by atoms with E-state index >= 15 is 0 Å². The van der Waals surface area contributed by atoms with Crippen LogP contribution in [0.2, 0.25) is 0 Å². The Labute approximate surface area is 178 Å². The van der Waals surface area contributed by atoms with Crippen LogP contribution in [0.1, 0.15) is 24.0 Å². The summed E-state index contributed by atoms with van der Waals surface area (Å²) >= 11 is 0. The van der Waals surface area contributed by atoms with E-state index in [1.165, 1.54) is 11.1 Å². The molecule has 0 radical (unpaired) electrons. The maximum absolute atomic E-state index is 9.62. The number of ether oxygens (including phenoxy) is 2. The molecule has 1 aromatic heterocycles. The molecule has 2 heterocycles. The van der Waals surface area contributed by atoms with Gasteiger partial charge in [-0.1, -0.05) is 12.1 Å². The number of hydrogen-bond donors (Lipinski definition) is 1. The first-order valence-corrected chi connectivity index (χ1v) is 10.6. The zero-order valence-corrected chi connectivity index (χ0v) is 18.0. The quantitative estimate of drug-likeness (QED) is 0.656. The van der Waals surface area contributed by atoms with E-state index in [-0.39, 0.29) is 6.61 Å². The lowest BCUT2D eigenvalue weighted by molar-refractivity contribution is 0.116. The molecule has 1 aliphatic rings. The first-order valence-electron chi connectivity index (χ1n) is 10.6. The Balaban J connectivity index is 1.79. The monoisotopic (exact) mass is 406 g/mol. The highest BCUT2D eigenvalue weighted by molar-refractivity contribution is 5.84. The van der Waals surface area contributed by atoms with Gasteiger partial charge in [0.1, 0.15) is 0 Å². The summed E-state index contributed by atoms with van der Waals surface area (Å²) in [7, 11) is 3.30. The number of benzene rings is 2. The highest BCUT2D eigenvalue weighted by Gasteiger charge is 2.21. The topological polar surface area (TPSA) is 54.8 Å². The van der Waals surface area contributed by atoms with E-state index in [2.05, 4.69) is 36.1 Å². The molecule has 5 heteroatoms. The smallest absolute Gasteiger partial charge is 0.161 e. The number of aliphatic hydroxyl groups is 1. The molecule has 30 heavy (non-hydrogen) atoms. The first kappa shape index (κ1) is 20.6. The lowest BCUT2D eigenvalue weighted by Crippen LogP contribution is -2.36. The molecule has 0 unspecified atom stereocenters. The third kappa shape index (κ3) is 4.27. The number of aromatic nitrogens is 1. The number of pyridine rings is 1. The Kier molecular flexibility index (Phi) is 6.21. The number of rotatable bonds is 6. The van der Waals surface area contributed by atoms with Gasteiger partial charge in [-0.05, 0) is 73.7 Å². The molecule has 4 rings (SSSR count). The van der Waals surface area contributed by atoms with Gasteiger partial charge in [-0.2, -0.15) is 0 Å².